The topological polar surface area (TPSA) is 70.5 Å². The van der Waals surface area contributed by atoms with Gasteiger partial charge in [0.2, 0.25) is 5.95 Å². The molecule has 0 spiro atoms. The van der Waals surface area contributed by atoms with Crippen molar-refractivity contribution in [2.45, 2.75) is 20.8 Å². The van der Waals surface area contributed by atoms with Gasteiger partial charge in [0.25, 0.3) is 5.56 Å². The third-order valence-electron chi connectivity index (χ3n) is 3.48. The largest absolute Gasteiger partial charge is 0.291 e. The molecule has 0 saturated carbocycles. The van der Waals surface area contributed by atoms with Crippen LogP contribution in [0.15, 0.2) is 52.2 Å². The number of hydrogen-bond acceptors (Lipinski definition) is 4. The van der Waals surface area contributed by atoms with E-state index >= 15 is 0 Å². The summed E-state index contributed by atoms with van der Waals surface area (Å²) in [6.07, 6.45) is 0. The number of nitrogens with zero attached hydrogens (tertiary/aromatic N) is 3. The molecule has 5 heteroatoms. The number of hydrogen-bond donors (Lipinski definition) is 1. The molecule has 5 nitrogen and oxygen atoms in total. The van der Waals surface area contributed by atoms with Crippen LogP contribution in [-0.4, -0.2) is 22.4 Å². The molecular formula is C19H20N4O. The zero-order valence-corrected chi connectivity index (χ0v) is 14.2. The van der Waals surface area contributed by atoms with Crippen LogP contribution in [0.25, 0.3) is 11.1 Å². The van der Waals surface area contributed by atoms with Gasteiger partial charge in [0, 0.05) is 11.8 Å². The summed E-state index contributed by atoms with van der Waals surface area (Å²) in [5, 5.41) is 0. The molecule has 0 aliphatic rings. The van der Waals surface area contributed by atoms with E-state index in [4.69, 9.17) is 0 Å². The number of benzene rings is 1. The Hall–Kier alpha value is -3.08. The molecular weight excluding hydrogens is 300 g/mol. The summed E-state index contributed by atoms with van der Waals surface area (Å²) in [5.41, 5.74) is 5.29. The van der Waals surface area contributed by atoms with Crippen LogP contribution in [0.3, 0.4) is 0 Å². The summed E-state index contributed by atoms with van der Waals surface area (Å²) in [5.74, 6) is 0.434. The Kier molecular flexibility index (Phi) is 5.04. The van der Waals surface area contributed by atoms with E-state index in [-0.39, 0.29) is 17.3 Å². The fourth-order valence-corrected chi connectivity index (χ4v) is 2.13. The lowest BCUT2D eigenvalue weighted by Gasteiger charge is -2.10. The van der Waals surface area contributed by atoms with Crippen molar-refractivity contribution >= 4 is 35.3 Å². The minimum Gasteiger partial charge on any atom is -0.291 e. The van der Waals surface area contributed by atoms with Gasteiger partial charge in [0.05, 0.1) is 0 Å². The zero-order chi connectivity index (χ0) is 17.9. The van der Waals surface area contributed by atoms with Crippen molar-refractivity contribution in [2.75, 3.05) is 0 Å². The van der Waals surface area contributed by atoms with Gasteiger partial charge in [-0.05, 0) is 62.4 Å². The number of nitrogens with one attached hydrogen (secondary N) is 1. The number of aromatic nitrogens is 2. The monoisotopic (exact) mass is 320 g/mol. The van der Waals surface area contributed by atoms with Crippen molar-refractivity contribution in [1.82, 2.24) is 9.97 Å². The lowest BCUT2D eigenvalue weighted by Crippen LogP contribution is -2.05. The highest BCUT2D eigenvalue weighted by Crippen LogP contribution is 2.22. The third-order valence-corrected chi connectivity index (χ3v) is 3.48. The molecule has 24 heavy (non-hydrogen) atoms. The first-order valence-corrected chi connectivity index (χ1v) is 7.40. The predicted molar refractivity (Wildman–Crippen MR) is 102 cm³/mol. The Morgan fingerprint density at radius 1 is 1.00 bits per heavy atom. The van der Waals surface area contributed by atoms with Crippen LogP contribution < -0.4 is 5.56 Å². The lowest BCUT2D eigenvalue weighted by atomic mass is 9.97. The van der Waals surface area contributed by atoms with Gasteiger partial charge in [-0.15, -0.1) is 0 Å². The normalized spacial score (nSPS) is 11.2. The predicted octanol–water partition coefficient (Wildman–Crippen LogP) is 4.31. The van der Waals surface area contributed by atoms with Gasteiger partial charge in [0.15, 0.2) is 5.82 Å². The molecule has 1 N–H and O–H groups in total. The Morgan fingerprint density at radius 2 is 1.54 bits per heavy atom. The van der Waals surface area contributed by atoms with Gasteiger partial charge < -0.3 is 0 Å². The van der Waals surface area contributed by atoms with Crippen LogP contribution in [0.4, 0.5) is 11.8 Å². The summed E-state index contributed by atoms with van der Waals surface area (Å²) in [6, 6.07) is 7.38. The van der Waals surface area contributed by atoms with Gasteiger partial charge in [-0.1, -0.05) is 24.3 Å². The molecule has 0 amide bonds. The van der Waals surface area contributed by atoms with Crippen molar-refractivity contribution in [3.05, 3.63) is 64.5 Å². The summed E-state index contributed by atoms with van der Waals surface area (Å²) in [6.45, 7) is 17.1. The highest BCUT2D eigenvalue weighted by molar-refractivity contribution is 6.01. The van der Waals surface area contributed by atoms with E-state index in [1.165, 1.54) is 6.07 Å². The molecule has 0 aliphatic carbocycles. The molecule has 0 aliphatic heterocycles. The third kappa shape index (κ3) is 4.01. The van der Waals surface area contributed by atoms with E-state index in [0.717, 1.165) is 33.5 Å². The maximum Gasteiger partial charge on any atom is 0.254 e. The van der Waals surface area contributed by atoms with E-state index < -0.39 is 0 Å². The van der Waals surface area contributed by atoms with Crippen molar-refractivity contribution in [2.24, 2.45) is 9.98 Å². The Balaban J connectivity index is 2.56. The van der Waals surface area contributed by atoms with E-state index in [9.17, 15) is 4.79 Å². The molecule has 0 unspecified atom stereocenters. The minimum atomic E-state index is -0.322. The van der Waals surface area contributed by atoms with Crippen LogP contribution >= 0.6 is 0 Å². The SMILES string of the molecule is C=Nc1nc(N=C(C)c2cc(C(=C)C)cc(C(=C)C)c2)cc(=O)[nH]1. The van der Waals surface area contributed by atoms with Gasteiger partial charge >= 0.3 is 0 Å². The van der Waals surface area contributed by atoms with Crippen LogP contribution in [0.1, 0.15) is 37.5 Å². The van der Waals surface area contributed by atoms with Crippen molar-refractivity contribution in [3.63, 3.8) is 0 Å². The van der Waals surface area contributed by atoms with Crippen LogP contribution in [0, 0.1) is 0 Å². The van der Waals surface area contributed by atoms with E-state index in [2.05, 4.69) is 39.8 Å². The fourth-order valence-electron chi connectivity index (χ4n) is 2.13. The first kappa shape index (κ1) is 17.3. The molecule has 0 saturated heterocycles. The summed E-state index contributed by atoms with van der Waals surface area (Å²) in [4.78, 5) is 26.3. The van der Waals surface area contributed by atoms with Crippen molar-refractivity contribution in [3.8, 4) is 0 Å². The zero-order valence-electron chi connectivity index (χ0n) is 14.2. The minimum absolute atomic E-state index is 0.146. The van der Waals surface area contributed by atoms with Crippen molar-refractivity contribution in [1.29, 1.82) is 0 Å². The molecule has 1 aromatic carbocycles. The smallest absolute Gasteiger partial charge is 0.254 e. The van der Waals surface area contributed by atoms with Gasteiger partial charge in [0.1, 0.15) is 0 Å². The van der Waals surface area contributed by atoms with E-state index in [1.54, 1.807) is 0 Å². The standard InChI is InChI=1S/C19H20N4O/c1-11(2)14-7-15(12(3)4)9-16(8-14)13(5)21-17-10-18(24)23-19(20-6)22-17/h7-10H,1,3,6H2,2,4-5H3,(H,22,23,24). The van der Waals surface area contributed by atoms with E-state index in [0.29, 0.717) is 0 Å². The average Bonchev–Trinajstić information content (AvgIpc) is 2.53. The molecule has 0 bridgehead atoms. The number of H-pyrrole nitrogens is 1. The Bertz CT molecular complexity index is 887. The second kappa shape index (κ2) is 7.00. The summed E-state index contributed by atoms with van der Waals surface area (Å²) >= 11 is 0. The molecule has 122 valence electrons. The van der Waals surface area contributed by atoms with Gasteiger partial charge in [-0.2, -0.15) is 4.98 Å². The molecule has 2 aromatic rings. The van der Waals surface area contributed by atoms with Gasteiger partial charge in [-0.25, -0.2) is 9.98 Å². The van der Waals surface area contributed by atoms with Crippen LogP contribution in [-0.2, 0) is 0 Å². The maximum absolute atomic E-state index is 11.6. The maximum atomic E-state index is 11.6. The average molecular weight is 320 g/mol. The molecule has 2 rings (SSSR count). The fraction of sp³-hybridized carbons (Fsp3) is 0.158. The van der Waals surface area contributed by atoms with Crippen LogP contribution in [0.5, 0.6) is 0 Å². The quantitative estimate of drug-likeness (QED) is 0.834. The number of allylic oxidation sites excluding steroid dienone is 2. The first-order valence-electron chi connectivity index (χ1n) is 7.40. The molecule has 0 fully saturated rings. The van der Waals surface area contributed by atoms with Gasteiger partial charge in [-0.3, -0.25) is 9.78 Å². The van der Waals surface area contributed by atoms with E-state index in [1.807, 2.05) is 39.0 Å². The first-order chi connectivity index (χ1) is 11.3. The molecule has 0 radical (unpaired) electrons. The van der Waals surface area contributed by atoms with Crippen LogP contribution in [0.2, 0.25) is 0 Å². The lowest BCUT2D eigenvalue weighted by molar-refractivity contribution is 1.09. The molecule has 1 heterocycles. The second-order valence-electron chi connectivity index (χ2n) is 5.64. The molecule has 0 atom stereocenters. The number of aliphatic imine (C=N–C) groups is 2. The highest BCUT2D eigenvalue weighted by atomic mass is 16.1. The Labute approximate surface area is 141 Å². The molecule has 1 aromatic heterocycles. The highest BCUT2D eigenvalue weighted by Gasteiger charge is 2.07. The number of rotatable bonds is 5. The summed E-state index contributed by atoms with van der Waals surface area (Å²) < 4.78 is 0. The Morgan fingerprint density at radius 3 is 2.04 bits per heavy atom. The van der Waals surface area contributed by atoms with Crippen molar-refractivity contribution < 1.29 is 0 Å². The summed E-state index contributed by atoms with van der Waals surface area (Å²) in [7, 11) is 0. The second-order valence-corrected chi connectivity index (χ2v) is 5.64. The number of aromatic amines is 1.